The van der Waals surface area contributed by atoms with Gasteiger partial charge in [0.2, 0.25) is 5.91 Å². The van der Waals surface area contributed by atoms with Gasteiger partial charge in [0.15, 0.2) is 0 Å². The van der Waals surface area contributed by atoms with Gasteiger partial charge in [-0.2, -0.15) is 0 Å². The van der Waals surface area contributed by atoms with Gasteiger partial charge in [-0.05, 0) is 44.5 Å². The van der Waals surface area contributed by atoms with Crippen LogP contribution < -0.4 is 5.32 Å². The summed E-state index contributed by atoms with van der Waals surface area (Å²) in [5.74, 6) is -0.198. The molecule has 0 unspecified atom stereocenters. The zero-order chi connectivity index (χ0) is 18.6. The van der Waals surface area contributed by atoms with Crippen LogP contribution in [0.25, 0.3) is 0 Å². The first-order valence-corrected chi connectivity index (χ1v) is 8.06. The Morgan fingerprint density at radius 1 is 1.12 bits per heavy atom. The quantitative estimate of drug-likeness (QED) is 0.643. The van der Waals surface area contributed by atoms with E-state index in [0.717, 1.165) is 5.56 Å². The number of carbonyl (C=O) groups is 1. The van der Waals surface area contributed by atoms with E-state index in [1.807, 2.05) is 11.9 Å². The molecule has 0 aliphatic carbocycles. The predicted octanol–water partition coefficient (Wildman–Crippen LogP) is 3.59. The molecule has 0 bridgehead atoms. The van der Waals surface area contributed by atoms with Crippen LogP contribution in [0.5, 0.6) is 0 Å². The Labute approximate surface area is 147 Å². The van der Waals surface area contributed by atoms with Crippen molar-refractivity contribution < 1.29 is 9.72 Å². The van der Waals surface area contributed by atoms with Crippen LogP contribution in [0.2, 0.25) is 0 Å². The largest absolute Gasteiger partial charge is 0.324 e. The van der Waals surface area contributed by atoms with E-state index < -0.39 is 4.92 Å². The molecule has 0 fully saturated rings. The SMILES string of the molecule is Cc1ccc(CN(C)CC(=O)Nc2cc([N+](=O)[O-])ccc2C)c(C)c1. The van der Waals surface area contributed by atoms with Crippen molar-refractivity contribution in [2.75, 3.05) is 18.9 Å². The molecule has 6 heteroatoms. The van der Waals surface area contributed by atoms with E-state index in [2.05, 4.69) is 37.4 Å². The lowest BCUT2D eigenvalue weighted by Gasteiger charge is -2.18. The van der Waals surface area contributed by atoms with E-state index in [4.69, 9.17) is 0 Å². The Bertz CT molecular complexity index is 802. The van der Waals surface area contributed by atoms with Crippen LogP contribution in [0.15, 0.2) is 36.4 Å². The van der Waals surface area contributed by atoms with E-state index in [-0.39, 0.29) is 18.1 Å². The molecule has 2 aromatic carbocycles. The molecule has 0 aliphatic heterocycles. The Kier molecular flexibility index (Phi) is 5.88. The summed E-state index contributed by atoms with van der Waals surface area (Å²) in [5.41, 5.74) is 4.80. The molecule has 0 saturated heterocycles. The monoisotopic (exact) mass is 341 g/mol. The maximum Gasteiger partial charge on any atom is 0.271 e. The van der Waals surface area contributed by atoms with Gasteiger partial charge in [-0.3, -0.25) is 19.8 Å². The van der Waals surface area contributed by atoms with Crippen LogP contribution in [0.4, 0.5) is 11.4 Å². The summed E-state index contributed by atoms with van der Waals surface area (Å²) in [6.07, 6.45) is 0. The first-order chi connectivity index (χ1) is 11.8. The highest BCUT2D eigenvalue weighted by Gasteiger charge is 2.13. The molecular formula is C19H23N3O3. The van der Waals surface area contributed by atoms with Crippen LogP contribution in [-0.2, 0) is 11.3 Å². The molecule has 1 N–H and O–H groups in total. The molecule has 25 heavy (non-hydrogen) atoms. The summed E-state index contributed by atoms with van der Waals surface area (Å²) in [6, 6.07) is 10.7. The summed E-state index contributed by atoms with van der Waals surface area (Å²) < 4.78 is 0. The lowest BCUT2D eigenvalue weighted by atomic mass is 10.1. The number of nitro groups is 1. The van der Waals surface area contributed by atoms with Crippen molar-refractivity contribution in [1.82, 2.24) is 4.90 Å². The third kappa shape index (κ3) is 5.12. The Morgan fingerprint density at radius 3 is 2.48 bits per heavy atom. The topological polar surface area (TPSA) is 75.5 Å². The van der Waals surface area contributed by atoms with Crippen molar-refractivity contribution in [1.29, 1.82) is 0 Å². The minimum Gasteiger partial charge on any atom is -0.324 e. The fourth-order valence-corrected chi connectivity index (χ4v) is 2.66. The number of amides is 1. The first-order valence-electron chi connectivity index (χ1n) is 8.06. The van der Waals surface area contributed by atoms with Gasteiger partial charge in [0.05, 0.1) is 17.2 Å². The number of carbonyl (C=O) groups excluding carboxylic acids is 1. The minimum absolute atomic E-state index is 0.0375. The van der Waals surface area contributed by atoms with Gasteiger partial charge in [-0.15, -0.1) is 0 Å². The molecule has 1 amide bonds. The van der Waals surface area contributed by atoms with Crippen molar-refractivity contribution in [3.05, 3.63) is 68.8 Å². The summed E-state index contributed by atoms with van der Waals surface area (Å²) in [7, 11) is 1.87. The van der Waals surface area contributed by atoms with E-state index in [1.54, 1.807) is 13.0 Å². The molecular weight excluding hydrogens is 318 g/mol. The van der Waals surface area contributed by atoms with Gasteiger partial charge in [-0.25, -0.2) is 0 Å². The average Bonchev–Trinajstić information content (AvgIpc) is 2.52. The molecule has 0 heterocycles. The van der Waals surface area contributed by atoms with E-state index in [1.165, 1.54) is 28.8 Å². The standard InChI is InChI=1S/C19H23N3O3/c1-13-5-7-16(15(3)9-13)11-21(4)12-19(23)20-18-10-17(22(24)25)8-6-14(18)2/h5-10H,11-12H2,1-4H3,(H,20,23). The van der Waals surface area contributed by atoms with Gasteiger partial charge >= 0.3 is 0 Å². The first kappa shape index (κ1) is 18.6. The predicted molar refractivity (Wildman–Crippen MR) is 98.7 cm³/mol. The van der Waals surface area contributed by atoms with E-state index in [9.17, 15) is 14.9 Å². The summed E-state index contributed by atoms with van der Waals surface area (Å²) in [6.45, 7) is 6.78. The van der Waals surface area contributed by atoms with Crippen LogP contribution in [0, 0.1) is 30.9 Å². The fraction of sp³-hybridized carbons (Fsp3) is 0.316. The lowest BCUT2D eigenvalue weighted by molar-refractivity contribution is -0.384. The molecule has 6 nitrogen and oxygen atoms in total. The Balaban J connectivity index is 2.00. The summed E-state index contributed by atoms with van der Waals surface area (Å²) in [5, 5.41) is 13.6. The smallest absolute Gasteiger partial charge is 0.271 e. The molecule has 2 aromatic rings. The van der Waals surface area contributed by atoms with Gasteiger partial charge < -0.3 is 5.32 Å². The number of hydrogen-bond donors (Lipinski definition) is 1. The highest BCUT2D eigenvalue weighted by Crippen LogP contribution is 2.21. The average molecular weight is 341 g/mol. The highest BCUT2D eigenvalue weighted by atomic mass is 16.6. The molecule has 0 atom stereocenters. The number of non-ortho nitro benzene ring substituents is 1. The number of anilines is 1. The third-order valence-electron chi connectivity index (χ3n) is 4.06. The minimum atomic E-state index is -0.471. The molecule has 0 aliphatic rings. The van der Waals surface area contributed by atoms with Crippen molar-refractivity contribution >= 4 is 17.3 Å². The zero-order valence-corrected chi connectivity index (χ0v) is 15.0. The maximum atomic E-state index is 12.3. The van der Waals surface area contributed by atoms with Gasteiger partial charge in [0.1, 0.15) is 0 Å². The molecule has 2 rings (SSSR count). The number of hydrogen-bond acceptors (Lipinski definition) is 4. The van der Waals surface area contributed by atoms with E-state index in [0.29, 0.717) is 12.2 Å². The number of nitrogens with zero attached hydrogens (tertiary/aromatic N) is 2. The van der Waals surface area contributed by atoms with Crippen molar-refractivity contribution in [3.63, 3.8) is 0 Å². The second kappa shape index (κ2) is 7.90. The second-order valence-corrected chi connectivity index (χ2v) is 6.41. The van der Waals surface area contributed by atoms with Crippen LogP contribution in [0.3, 0.4) is 0 Å². The zero-order valence-electron chi connectivity index (χ0n) is 15.0. The van der Waals surface area contributed by atoms with Crippen molar-refractivity contribution in [2.45, 2.75) is 27.3 Å². The van der Waals surface area contributed by atoms with Crippen LogP contribution >= 0.6 is 0 Å². The van der Waals surface area contributed by atoms with Crippen LogP contribution in [-0.4, -0.2) is 29.3 Å². The maximum absolute atomic E-state index is 12.3. The molecule has 0 aromatic heterocycles. The molecule has 0 saturated carbocycles. The third-order valence-corrected chi connectivity index (χ3v) is 4.06. The van der Waals surface area contributed by atoms with Gasteiger partial charge in [-0.1, -0.05) is 29.8 Å². The Morgan fingerprint density at radius 2 is 1.84 bits per heavy atom. The van der Waals surface area contributed by atoms with Crippen molar-refractivity contribution in [3.8, 4) is 0 Å². The molecule has 0 radical (unpaired) electrons. The van der Waals surface area contributed by atoms with Gasteiger partial charge in [0.25, 0.3) is 5.69 Å². The number of aryl methyl sites for hydroxylation is 3. The highest BCUT2D eigenvalue weighted by molar-refractivity contribution is 5.93. The number of nitro benzene ring substituents is 1. The lowest BCUT2D eigenvalue weighted by Crippen LogP contribution is -2.30. The fourth-order valence-electron chi connectivity index (χ4n) is 2.66. The molecule has 0 spiro atoms. The summed E-state index contributed by atoms with van der Waals surface area (Å²) in [4.78, 5) is 24.6. The van der Waals surface area contributed by atoms with Crippen molar-refractivity contribution in [2.24, 2.45) is 0 Å². The Hall–Kier alpha value is -2.73. The van der Waals surface area contributed by atoms with Gasteiger partial charge in [0, 0.05) is 18.7 Å². The number of nitrogens with one attached hydrogen (secondary N) is 1. The summed E-state index contributed by atoms with van der Waals surface area (Å²) >= 11 is 0. The number of benzene rings is 2. The van der Waals surface area contributed by atoms with E-state index >= 15 is 0 Å². The number of rotatable bonds is 6. The second-order valence-electron chi connectivity index (χ2n) is 6.41. The van der Waals surface area contributed by atoms with Crippen LogP contribution in [0.1, 0.15) is 22.3 Å². The molecule has 132 valence electrons. The number of likely N-dealkylation sites (N-methyl/N-ethyl adjacent to an activating group) is 1. The normalized spacial score (nSPS) is 10.8.